The third kappa shape index (κ3) is 5.79. The average Bonchev–Trinajstić information content (AvgIpc) is 3.01. The van der Waals surface area contributed by atoms with Crippen LogP contribution in [0.3, 0.4) is 0 Å². The maximum atomic E-state index is 10.6. The van der Waals surface area contributed by atoms with Crippen LogP contribution in [0.2, 0.25) is 0 Å². The molecular weight excluding hydrogens is 304 g/mol. The molecule has 1 aromatic rings. The number of aromatic nitrogens is 2. The number of piperidine rings is 1. The molecule has 2 rings (SSSR count). The lowest BCUT2D eigenvalue weighted by Crippen LogP contribution is -2.43. The number of guanidine groups is 1. The summed E-state index contributed by atoms with van der Waals surface area (Å²) in [6, 6.07) is 0. The van der Waals surface area contributed by atoms with Crippen LogP contribution in [0.4, 0.5) is 0 Å². The first kappa shape index (κ1) is 18.7. The van der Waals surface area contributed by atoms with Crippen molar-refractivity contribution in [3.8, 4) is 0 Å². The maximum Gasteiger partial charge on any atom is 0.191 e. The van der Waals surface area contributed by atoms with Gasteiger partial charge in [-0.15, -0.1) is 0 Å². The molecule has 1 aliphatic heterocycles. The SMILES string of the molecule is CCNC(=NCC(C)(O)c1cnn(C)c1)NCCN1CCCCC1. The topological polar surface area (TPSA) is 77.7 Å². The number of aryl methyl sites for hydroxylation is 1. The zero-order chi connectivity index (χ0) is 17.4. The summed E-state index contributed by atoms with van der Waals surface area (Å²) in [5, 5.41) is 21.3. The number of aliphatic hydroxyl groups is 1. The fourth-order valence-electron chi connectivity index (χ4n) is 2.88. The van der Waals surface area contributed by atoms with Crippen LogP contribution in [0.5, 0.6) is 0 Å². The minimum absolute atomic E-state index is 0.289. The first-order valence-corrected chi connectivity index (χ1v) is 8.97. The second-order valence-electron chi connectivity index (χ2n) is 6.70. The molecule has 0 spiro atoms. The zero-order valence-corrected chi connectivity index (χ0v) is 15.3. The quantitative estimate of drug-likeness (QED) is 0.504. The number of aliphatic imine (C=N–C) groups is 1. The number of hydrogen-bond acceptors (Lipinski definition) is 4. The molecule has 7 heteroatoms. The van der Waals surface area contributed by atoms with Gasteiger partial charge in [0.25, 0.3) is 0 Å². The molecule has 0 saturated carbocycles. The van der Waals surface area contributed by atoms with Gasteiger partial charge in [-0.25, -0.2) is 4.99 Å². The molecule has 2 heterocycles. The molecule has 0 aromatic carbocycles. The number of nitrogens with zero attached hydrogens (tertiary/aromatic N) is 4. The molecule has 7 nitrogen and oxygen atoms in total. The number of rotatable bonds is 7. The molecule has 0 aliphatic carbocycles. The first-order chi connectivity index (χ1) is 11.5. The highest BCUT2D eigenvalue weighted by atomic mass is 16.3. The summed E-state index contributed by atoms with van der Waals surface area (Å²) in [5.74, 6) is 0.749. The Balaban J connectivity index is 1.84. The molecule has 0 radical (unpaired) electrons. The first-order valence-electron chi connectivity index (χ1n) is 8.97. The van der Waals surface area contributed by atoms with Gasteiger partial charge < -0.3 is 20.6 Å². The molecule has 3 N–H and O–H groups in total. The van der Waals surface area contributed by atoms with Crippen molar-refractivity contribution in [2.75, 3.05) is 39.3 Å². The smallest absolute Gasteiger partial charge is 0.191 e. The zero-order valence-electron chi connectivity index (χ0n) is 15.3. The monoisotopic (exact) mass is 336 g/mol. The van der Waals surface area contributed by atoms with Gasteiger partial charge in [0.15, 0.2) is 5.96 Å². The van der Waals surface area contributed by atoms with Crippen molar-refractivity contribution in [3.05, 3.63) is 18.0 Å². The lowest BCUT2D eigenvalue weighted by atomic mass is 10.0. The van der Waals surface area contributed by atoms with Gasteiger partial charge in [0.2, 0.25) is 0 Å². The summed E-state index contributed by atoms with van der Waals surface area (Å²) >= 11 is 0. The summed E-state index contributed by atoms with van der Waals surface area (Å²) in [5.41, 5.74) is -0.248. The lowest BCUT2D eigenvalue weighted by molar-refractivity contribution is 0.0671. The van der Waals surface area contributed by atoms with E-state index < -0.39 is 5.60 Å². The van der Waals surface area contributed by atoms with Gasteiger partial charge >= 0.3 is 0 Å². The standard InChI is InChI=1S/C17H32N6O/c1-4-18-16(19-8-11-23-9-6-5-7-10-23)20-14-17(2,24)15-12-21-22(3)13-15/h12-13,24H,4-11,14H2,1-3H3,(H2,18,19,20). The Morgan fingerprint density at radius 2 is 2.08 bits per heavy atom. The van der Waals surface area contributed by atoms with E-state index in [1.54, 1.807) is 17.8 Å². The predicted octanol–water partition coefficient (Wildman–Crippen LogP) is 0.669. The fourth-order valence-corrected chi connectivity index (χ4v) is 2.88. The molecule has 1 saturated heterocycles. The van der Waals surface area contributed by atoms with Gasteiger partial charge in [0.1, 0.15) is 5.60 Å². The van der Waals surface area contributed by atoms with Crippen LogP contribution in [0.25, 0.3) is 0 Å². The van der Waals surface area contributed by atoms with Crippen molar-refractivity contribution >= 4 is 5.96 Å². The van der Waals surface area contributed by atoms with Gasteiger partial charge in [-0.05, 0) is 39.8 Å². The third-order valence-electron chi connectivity index (χ3n) is 4.39. The van der Waals surface area contributed by atoms with Gasteiger partial charge in [0, 0.05) is 38.4 Å². The highest BCUT2D eigenvalue weighted by Crippen LogP contribution is 2.19. The minimum Gasteiger partial charge on any atom is -0.383 e. The van der Waals surface area contributed by atoms with Crippen LogP contribution in [0, 0.1) is 0 Å². The Bertz CT molecular complexity index is 519. The Morgan fingerprint density at radius 1 is 1.33 bits per heavy atom. The van der Waals surface area contributed by atoms with Gasteiger partial charge in [-0.3, -0.25) is 4.68 Å². The second-order valence-corrected chi connectivity index (χ2v) is 6.70. The Hall–Kier alpha value is -1.60. The molecule has 0 amide bonds. The molecule has 1 fully saturated rings. The summed E-state index contributed by atoms with van der Waals surface area (Å²) in [7, 11) is 1.84. The van der Waals surface area contributed by atoms with E-state index in [1.807, 2.05) is 20.2 Å². The molecule has 0 bridgehead atoms. The second kappa shape index (κ2) is 9.03. The van der Waals surface area contributed by atoms with E-state index in [9.17, 15) is 5.11 Å². The summed E-state index contributed by atoms with van der Waals surface area (Å²) in [4.78, 5) is 7.03. The third-order valence-corrected chi connectivity index (χ3v) is 4.39. The summed E-state index contributed by atoms with van der Waals surface area (Å²) in [6.45, 7) is 9.19. The van der Waals surface area contributed by atoms with Crippen LogP contribution in [-0.4, -0.2) is 65.0 Å². The van der Waals surface area contributed by atoms with E-state index in [1.165, 1.54) is 32.4 Å². The molecule has 136 valence electrons. The lowest BCUT2D eigenvalue weighted by Gasteiger charge is -2.26. The number of likely N-dealkylation sites (tertiary alicyclic amines) is 1. The fraction of sp³-hybridized carbons (Fsp3) is 0.765. The molecule has 24 heavy (non-hydrogen) atoms. The summed E-state index contributed by atoms with van der Waals surface area (Å²) < 4.78 is 1.69. The Kier molecular flexibility index (Phi) is 7.05. The van der Waals surface area contributed by atoms with E-state index in [-0.39, 0.29) is 6.54 Å². The van der Waals surface area contributed by atoms with Crippen molar-refractivity contribution < 1.29 is 5.11 Å². The van der Waals surface area contributed by atoms with Crippen molar-refractivity contribution in [3.63, 3.8) is 0 Å². The minimum atomic E-state index is -1.02. The van der Waals surface area contributed by atoms with Crippen LogP contribution < -0.4 is 10.6 Å². The normalized spacial score (nSPS) is 19.1. The molecule has 1 atom stereocenters. The van der Waals surface area contributed by atoms with E-state index in [0.717, 1.165) is 31.2 Å². The van der Waals surface area contributed by atoms with E-state index >= 15 is 0 Å². The van der Waals surface area contributed by atoms with Gasteiger partial charge in [-0.1, -0.05) is 6.42 Å². The summed E-state index contributed by atoms with van der Waals surface area (Å²) in [6.07, 6.45) is 7.49. The predicted molar refractivity (Wildman–Crippen MR) is 97.1 cm³/mol. The van der Waals surface area contributed by atoms with E-state index in [0.29, 0.717) is 0 Å². The van der Waals surface area contributed by atoms with Crippen molar-refractivity contribution in [1.29, 1.82) is 0 Å². The number of nitrogens with one attached hydrogen (secondary N) is 2. The highest BCUT2D eigenvalue weighted by Gasteiger charge is 2.24. The Labute approximate surface area is 145 Å². The van der Waals surface area contributed by atoms with Crippen molar-refractivity contribution in [2.45, 2.75) is 38.7 Å². The maximum absolute atomic E-state index is 10.6. The average molecular weight is 336 g/mol. The molecule has 1 unspecified atom stereocenters. The molecular formula is C17H32N6O. The van der Waals surface area contributed by atoms with Crippen LogP contribution in [0.15, 0.2) is 17.4 Å². The highest BCUT2D eigenvalue weighted by molar-refractivity contribution is 5.79. The van der Waals surface area contributed by atoms with E-state index in [2.05, 4.69) is 25.6 Å². The molecule has 1 aliphatic rings. The van der Waals surface area contributed by atoms with Crippen LogP contribution in [0.1, 0.15) is 38.7 Å². The van der Waals surface area contributed by atoms with Crippen molar-refractivity contribution in [2.24, 2.45) is 12.0 Å². The van der Waals surface area contributed by atoms with Crippen LogP contribution >= 0.6 is 0 Å². The Morgan fingerprint density at radius 3 is 2.71 bits per heavy atom. The number of hydrogen-bond donors (Lipinski definition) is 3. The van der Waals surface area contributed by atoms with Gasteiger partial charge in [0.05, 0.1) is 12.7 Å². The van der Waals surface area contributed by atoms with Crippen LogP contribution in [-0.2, 0) is 12.6 Å². The van der Waals surface area contributed by atoms with E-state index in [4.69, 9.17) is 0 Å². The largest absolute Gasteiger partial charge is 0.383 e. The van der Waals surface area contributed by atoms with Gasteiger partial charge in [-0.2, -0.15) is 5.10 Å². The molecule has 1 aromatic heterocycles. The van der Waals surface area contributed by atoms with Crippen molar-refractivity contribution in [1.82, 2.24) is 25.3 Å².